The van der Waals surface area contributed by atoms with Gasteiger partial charge in [-0.15, -0.1) is 0 Å². The number of carbonyl (C=O) groups is 1. The molecule has 1 aromatic carbocycles. The molecule has 0 spiro atoms. The largest absolute Gasteiger partial charge is 0.326 e. The highest BCUT2D eigenvalue weighted by Crippen LogP contribution is 2.26. The van der Waals surface area contributed by atoms with E-state index in [1.807, 2.05) is 6.92 Å². The number of anilines is 1. The minimum atomic E-state index is -3.76. The van der Waals surface area contributed by atoms with E-state index in [0.29, 0.717) is 12.1 Å². The fourth-order valence-electron chi connectivity index (χ4n) is 2.40. The lowest BCUT2D eigenvalue weighted by Crippen LogP contribution is -2.19. The van der Waals surface area contributed by atoms with Crippen LogP contribution in [0.4, 0.5) is 5.69 Å². The zero-order chi connectivity index (χ0) is 16.3. The zero-order valence-electron chi connectivity index (χ0n) is 13.0. The van der Waals surface area contributed by atoms with E-state index in [1.54, 1.807) is 12.1 Å². The Morgan fingerprint density at radius 1 is 1.33 bits per heavy atom. The Balaban J connectivity index is 2.68. The average molecular weight is 312 g/mol. The number of carbonyl (C=O) groups excluding carboxylic acids is 1. The van der Waals surface area contributed by atoms with Crippen LogP contribution in [0.5, 0.6) is 0 Å². The lowest BCUT2D eigenvalue weighted by molar-refractivity contribution is -0.117. The third kappa shape index (κ3) is 6.73. The quantitative estimate of drug-likeness (QED) is 0.876. The van der Waals surface area contributed by atoms with Gasteiger partial charge < -0.3 is 5.32 Å². The standard InChI is InChI=1S/C15H24N2O3S/c1-11(10-15(2,3)4)8-14(18)17-12-6-5-7-13(9-12)21(16,19)20/h5-7,9,11H,8,10H2,1-4H3,(H,17,18)(H2,16,19,20). The second-order valence-corrected chi connectivity index (χ2v) is 8.26. The molecule has 118 valence electrons. The fourth-order valence-corrected chi connectivity index (χ4v) is 2.96. The number of benzene rings is 1. The number of hydrogen-bond donors (Lipinski definition) is 2. The molecule has 1 unspecified atom stereocenters. The van der Waals surface area contributed by atoms with E-state index in [4.69, 9.17) is 5.14 Å². The molecule has 0 heterocycles. The molecule has 21 heavy (non-hydrogen) atoms. The van der Waals surface area contributed by atoms with Gasteiger partial charge in [0.15, 0.2) is 0 Å². The van der Waals surface area contributed by atoms with Gasteiger partial charge in [0.1, 0.15) is 0 Å². The maximum atomic E-state index is 12.0. The normalized spacial score (nSPS) is 13.8. The highest BCUT2D eigenvalue weighted by atomic mass is 32.2. The summed E-state index contributed by atoms with van der Waals surface area (Å²) in [7, 11) is -3.76. The van der Waals surface area contributed by atoms with Gasteiger partial charge in [0.2, 0.25) is 15.9 Å². The molecule has 0 aliphatic heterocycles. The molecule has 0 aromatic heterocycles. The van der Waals surface area contributed by atoms with Crippen molar-refractivity contribution in [1.82, 2.24) is 0 Å². The molecular weight excluding hydrogens is 288 g/mol. The number of nitrogens with two attached hydrogens (primary N) is 1. The van der Waals surface area contributed by atoms with Gasteiger partial charge in [-0.1, -0.05) is 33.8 Å². The number of amides is 1. The molecule has 0 aliphatic carbocycles. The Labute approximate surface area is 127 Å². The van der Waals surface area contributed by atoms with Crippen LogP contribution in [0.2, 0.25) is 0 Å². The molecule has 0 saturated carbocycles. The van der Waals surface area contributed by atoms with Gasteiger partial charge in [-0.05, 0) is 36.0 Å². The second-order valence-electron chi connectivity index (χ2n) is 6.70. The highest BCUT2D eigenvalue weighted by molar-refractivity contribution is 7.89. The van der Waals surface area contributed by atoms with Crippen molar-refractivity contribution in [2.75, 3.05) is 5.32 Å². The number of primary sulfonamides is 1. The van der Waals surface area contributed by atoms with Crippen molar-refractivity contribution in [1.29, 1.82) is 0 Å². The van der Waals surface area contributed by atoms with Crippen molar-refractivity contribution < 1.29 is 13.2 Å². The molecule has 0 saturated heterocycles. The predicted octanol–water partition coefficient (Wildman–Crippen LogP) is 2.73. The van der Waals surface area contributed by atoms with Gasteiger partial charge in [0.05, 0.1) is 4.90 Å². The topological polar surface area (TPSA) is 89.3 Å². The highest BCUT2D eigenvalue weighted by Gasteiger charge is 2.18. The van der Waals surface area contributed by atoms with Crippen LogP contribution < -0.4 is 10.5 Å². The Morgan fingerprint density at radius 2 is 1.95 bits per heavy atom. The van der Waals surface area contributed by atoms with Crippen molar-refractivity contribution in [3.8, 4) is 0 Å². The molecular formula is C15H24N2O3S. The Kier molecular flexibility index (Phi) is 5.53. The van der Waals surface area contributed by atoms with E-state index in [9.17, 15) is 13.2 Å². The first-order valence-electron chi connectivity index (χ1n) is 6.90. The van der Waals surface area contributed by atoms with Crippen molar-refractivity contribution in [3.05, 3.63) is 24.3 Å². The summed E-state index contributed by atoms with van der Waals surface area (Å²) in [5.41, 5.74) is 0.613. The minimum absolute atomic E-state index is 0.0111. The summed E-state index contributed by atoms with van der Waals surface area (Å²) in [6.07, 6.45) is 1.34. The van der Waals surface area contributed by atoms with Crippen molar-refractivity contribution in [2.24, 2.45) is 16.5 Å². The lowest BCUT2D eigenvalue weighted by Gasteiger charge is -2.22. The van der Waals surface area contributed by atoms with Crippen molar-refractivity contribution in [3.63, 3.8) is 0 Å². The Hall–Kier alpha value is -1.40. The van der Waals surface area contributed by atoms with E-state index in [2.05, 4.69) is 26.1 Å². The molecule has 0 radical (unpaired) electrons. The second kappa shape index (κ2) is 6.58. The van der Waals surface area contributed by atoms with Crippen LogP contribution in [-0.2, 0) is 14.8 Å². The summed E-state index contributed by atoms with van der Waals surface area (Å²) in [6, 6.07) is 5.95. The van der Waals surface area contributed by atoms with Crippen molar-refractivity contribution >= 4 is 21.6 Å². The van der Waals surface area contributed by atoms with Crippen LogP contribution >= 0.6 is 0 Å². The minimum Gasteiger partial charge on any atom is -0.326 e. The molecule has 1 rings (SSSR count). The summed E-state index contributed by atoms with van der Waals surface area (Å²) in [4.78, 5) is 12.0. The van der Waals surface area contributed by atoms with Crippen LogP contribution in [0, 0.1) is 11.3 Å². The van der Waals surface area contributed by atoms with E-state index < -0.39 is 10.0 Å². The van der Waals surface area contributed by atoms with Crippen LogP contribution in [0.15, 0.2) is 29.2 Å². The van der Waals surface area contributed by atoms with Crippen LogP contribution in [0.25, 0.3) is 0 Å². The molecule has 1 aromatic rings. The smallest absolute Gasteiger partial charge is 0.238 e. The first-order valence-corrected chi connectivity index (χ1v) is 8.45. The lowest BCUT2D eigenvalue weighted by atomic mass is 9.84. The number of hydrogen-bond acceptors (Lipinski definition) is 3. The van der Waals surface area contributed by atoms with Gasteiger partial charge >= 0.3 is 0 Å². The van der Waals surface area contributed by atoms with E-state index in [-0.39, 0.29) is 22.1 Å². The van der Waals surface area contributed by atoms with Gasteiger partial charge in [-0.25, -0.2) is 13.6 Å². The summed E-state index contributed by atoms with van der Waals surface area (Å²) >= 11 is 0. The average Bonchev–Trinajstić information content (AvgIpc) is 2.24. The molecule has 3 N–H and O–H groups in total. The van der Waals surface area contributed by atoms with Crippen LogP contribution in [0.1, 0.15) is 40.5 Å². The summed E-state index contributed by atoms with van der Waals surface area (Å²) in [5.74, 6) is 0.129. The number of rotatable bonds is 5. The molecule has 1 amide bonds. The van der Waals surface area contributed by atoms with E-state index in [0.717, 1.165) is 6.42 Å². The monoisotopic (exact) mass is 312 g/mol. The van der Waals surface area contributed by atoms with E-state index >= 15 is 0 Å². The maximum Gasteiger partial charge on any atom is 0.238 e. The van der Waals surface area contributed by atoms with Gasteiger partial charge in [0.25, 0.3) is 0 Å². The predicted molar refractivity (Wildman–Crippen MR) is 84.3 cm³/mol. The number of sulfonamides is 1. The summed E-state index contributed by atoms with van der Waals surface area (Å²) in [5, 5.41) is 7.78. The summed E-state index contributed by atoms with van der Waals surface area (Å²) in [6.45, 7) is 8.44. The third-order valence-electron chi connectivity index (χ3n) is 2.94. The van der Waals surface area contributed by atoms with Gasteiger partial charge in [-0.3, -0.25) is 4.79 Å². The molecule has 0 bridgehead atoms. The molecule has 5 nitrogen and oxygen atoms in total. The van der Waals surface area contributed by atoms with E-state index in [1.165, 1.54) is 12.1 Å². The number of nitrogens with one attached hydrogen (secondary N) is 1. The van der Waals surface area contributed by atoms with Crippen molar-refractivity contribution in [2.45, 2.75) is 45.4 Å². The first-order chi connectivity index (χ1) is 9.47. The zero-order valence-corrected chi connectivity index (χ0v) is 13.8. The third-order valence-corrected chi connectivity index (χ3v) is 3.85. The molecule has 1 atom stereocenters. The first kappa shape index (κ1) is 17.7. The Bertz CT molecular complexity index is 604. The fraction of sp³-hybridized carbons (Fsp3) is 0.533. The van der Waals surface area contributed by atoms with Gasteiger partial charge in [0, 0.05) is 12.1 Å². The SMILES string of the molecule is CC(CC(=O)Nc1cccc(S(N)(=O)=O)c1)CC(C)(C)C. The molecule has 0 aliphatic rings. The summed E-state index contributed by atoms with van der Waals surface area (Å²) < 4.78 is 22.5. The Morgan fingerprint density at radius 3 is 2.48 bits per heavy atom. The molecule has 0 fully saturated rings. The van der Waals surface area contributed by atoms with Crippen LogP contribution in [0.3, 0.4) is 0 Å². The maximum absolute atomic E-state index is 12.0. The van der Waals surface area contributed by atoms with Crippen LogP contribution in [-0.4, -0.2) is 14.3 Å². The molecule has 6 heteroatoms. The van der Waals surface area contributed by atoms with Gasteiger partial charge in [-0.2, -0.15) is 0 Å².